The van der Waals surface area contributed by atoms with Gasteiger partial charge in [-0.05, 0) is 31.7 Å². The van der Waals surface area contributed by atoms with Gasteiger partial charge in [0.05, 0.1) is 12.0 Å². The molecule has 0 amide bonds. The van der Waals surface area contributed by atoms with Gasteiger partial charge in [-0.1, -0.05) is 0 Å². The number of rotatable bonds is 4. The van der Waals surface area contributed by atoms with Crippen LogP contribution in [0.15, 0.2) is 18.2 Å². The molecular formula is C14H19N3O3. The number of fused-ring (bicyclic) bond motifs is 2. The lowest BCUT2D eigenvalue weighted by Gasteiger charge is -2.30. The van der Waals surface area contributed by atoms with E-state index in [1.165, 1.54) is 26.0 Å². The Bertz CT molecular complexity index is 508. The van der Waals surface area contributed by atoms with Crippen molar-refractivity contribution in [2.75, 3.05) is 12.4 Å². The summed E-state index contributed by atoms with van der Waals surface area (Å²) in [6.45, 7) is 0. The lowest BCUT2D eigenvalue weighted by Crippen LogP contribution is -2.43. The maximum Gasteiger partial charge on any atom is 0.311 e. The van der Waals surface area contributed by atoms with Gasteiger partial charge in [0, 0.05) is 35.9 Å². The van der Waals surface area contributed by atoms with E-state index in [2.05, 4.69) is 10.6 Å². The Labute approximate surface area is 117 Å². The van der Waals surface area contributed by atoms with Crippen LogP contribution in [0.4, 0.5) is 11.4 Å². The van der Waals surface area contributed by atoms with Crippen LogP contribution in [0.5, 0.6) is 5.75 Å². The number of methoxy groups -OCH3 is 1. The summed E-state index contributed by atoms with van der Waals surface area (Å²) in [7, 11) is 1.46. The van der Waals surface area contributed by atoms with E-state index in [1.54, 1.807) is 12.1 Å². The molecule has 3 rings (SSSR count). The van der Waals surface area contributed by atoms with Crippen LogP contribution in [-0.4, -0.2) is 30.2 Å². The van der Waals surface area contributed by atoms with Crippen molar-refractivity contribution in [2.24, 2.45) is 0 Å². The van der Waals surface area contributed by atoms with Crippen LogP contribution in [0.3, 0.4) is 0 Å². The molecule has 108 valence electrons. The fraction of sp³-hybridized carbons (Fsp3) is 0.571. The zero-order chi connectivity index (χ0) is 14.1. The molecule has 1 aromatic carbocycles. The van der Waals surface area contributed by atoms with Crippen molar-refractivity contribution in [3.63, 3.8) is 0 Å². The molecule has 2 heterocycles. The number of hydrogen-bond acceptors (Lipinski definition) is 5. The fourth-order valence-corrected chi connectivity index (χ4v) is 3.33. The van der Waals surface area contributed by atoms with Crippen molar-refractivity contribution in [2.45, 2.75) is 43.8 Å². The first-order chi connectivity index (χ1) is 9.65. The van der Waals surface area contributed by atoms with Gasteiger partial charge in [-0.25, -0.2) is 0 Å². The Morgan fingerprint density at radius 3 is 2.65 bits per heavy atom. The minimum absolute atomic E-state index is 0.00318. The van der Waals surface area contributed by atoms with E-state index in [-0.39, 0.29) is 5.69 Å². The first-order valence-electron chi connectivity index (χ1n) is 7.00. The van der Waals surface area contributed by atoms with Gasteiger partial charge in [0.25, 0.3) is 0 Å². The molecule has 20 heavy (non-hydrogen) atoms. The largest absolute Gasteiger partial charge is 0.490 e. The van der Waals surface area contributed by atoms with Crippen molar-refractivity contribution in [3.05, 3.63) is 28.3 Å². The first-order valence-corrected chi connectivity index (χ1v) is 7.00. The van der Waals surface area contributed by atoms with E-state index < -0.39 is 4.92 Å². The highest BCUT2D eigenvalue weighted by Crippen LogP contribution is 2.32. The van der Waals surface area contributed by atoms with Crippen LogP contribution in [-0.2, 0) is 0 Å². The number of nitrogens with one attached hydrogen (secondary N) is 2. The third-order valence-corrected chi connectivity index (χ3v) is 4.22. The zero-order valence-corrected chi connectivity index (χ0v) is 11.5. The number of anilines is 1. The average molecular weight is 277 g/mol. The topological polar surface area (TPSA) is 76.4 Å². The normalized spacial score (nSPS) is 28.1. The van der Waals surface area contributed by atoms with Crippen LogP contribution in [0, 0.1) is 10.1 Å². The minimum atomic E-state index is -0.423. The quantitative estimate of drug-likeness (QED) is 0.652. The molecule has 2 aliphatic heterocycles. The summed E-state index contributed by atoms with van der Waals surface area (Å²) < 4.78 is 5.10. The van der Waals surface area contributed by atoms with Gasteiger partial charge in [0.1, 0.15) is 0 Å². The van der Waals surface area contributed by atoms with E-state index in [4.69, 9.17) is 4.74 Å². The number of ether oxygens (including phenoxy) is 1. The smallest absolute Gasteiger partial charge is 0.311 e. The van der Waals surface area contributed by atoms with Crippen LogP contribution < -0.4 is 15.4 Å². The highest BCUT2D eigenvalue weighted by atomic mass is 16.6. The number of benzene rings is 1. The van der Waals surface area contributed by atoms with Gasteiger partial charge < -0.3 is 15.4 Å². The van der Waals surface area contributed by atoms with E-state index in [0.717, 1.165) is 18.5 Å². The molecule has 2 unspecified atom stereocenters. The standard InChI is InChI=1S/C14H19N3O3/c1-20-14-8-11(4-5-13(14)17(18)19)16-12-6-9-2-3-10(7-12)15-9/h4-5,8-10,12,15-16H,2-3,6-7H2,1H3. The second kappa shape index (κ2) is 5.28. The molecule has 2 fully saturated rings. The highest BCUT2D eigenvalue weighted by molar-refractivity contribution is 5.58. The van der Waals surface area contributed by atoms with Crippen LogP contribution in [0.2, 0.25) is 0 Å². The second-order valence-electron chi connectivity index (χ2n) is 5.59. The summed E-state index contributed by atoms with van der Waals surface area (Å²) in [5.74, 6) is 0.303. The van der Waals surface area contributed by atoms with E-state index >= 15 is 0 Å². The van der Waals surface area contributed by atoms with Gasteiger partial charge in [-0.3, -0.25) is 10.1 Å². The monoisotopic (exact) mass is 277 g/mol. The van der Waals surface area contributed by atoms with Gasteiger partial charge in [-0.2, -0.15) is 0 Å². The molecule has 0 spiro atoms. The van der Waals surface area contributed by atoms with Gasteiger partial charge in [0.15, 0.2) is 5.75 Å². The van der Waals surface area contributed by atoms with Gasteiger partial charge in [0.2, 0.25) is 0 Å². The number of nitro groups is 1. The van der Waals surface area contributed by atoms with Crippen molar-refractivity contribution in [3.8, 4) is 5.75 Å². The number of hydrogen-bond donors (Lipinski definition) is 2. The molecule has 0 saturated carbocycles. The first kappa shape index (κ1) is 13.2. The Hall–Kier alpha value is -1.82. The molecule has 0 aromatic heterocycles. The summed E-state index contributed by atoms with van der Waals surface area (Å²) in [5.41, 5.74) is 0.891. The van der Waals surface area contributed by atoms with E-state index in [1.807, 2.05) is 0 Å². The molecule has 2 N–H and O–H groups in total. The summed E-state index contributed by atoms with van der Waals surface area (Å²) in [4.78, 5) is 10.4. The predicted molar refractivity (Wildman–Crippen MR) is 76.2 cm³/mol. The lowest BCUT2D eigenvalue weighted by molar-refractivity contribution is -0.385. The van der Waals surface area contributed by atoms with Crippen LogP contribution >= 0.6 is 0 Å². The van der Waals surface area contributed by atoms with Crippen molar-refractivity contribution in [1.29, 1.82) is 0 Å². The maximum absolute atomic E-state index is 10.9. The summed E-state index contributed by atoms with van der Waals surface area (Å²) in [5, 5.41) is 18.0. The van der Waals surface area contributed by atoms with E-state index in [9.17, 15) is 10.1 Å². The van der Waals surface area contributed by atoms with Gasteiger partial charge in [-0.15, -0.1) is 0 Å². The van der Waals surface area contributed by atoms with Gasteiger partial charge >= 0.3 is 5.69 Å². The third kappa shape index (κ3) is 2.56. The van der Waals surface area contributed by atoms with Crippen LogP contribution in [0.25, 0.3) is 0 Å². The molecule has 2 aliphatic rings. The third-order valence-electron chi connectivity index (χ3n) is 4.22. The molecule has 6 nitrogen and oxygen atoms in total. The lowest BCUT2D eigenvalue weighted by atomic mass is 9.99. The summed E-state index contributed by atoms with van der Waals surface area (Å²) >= 11 is 0. The summed E-state index contributed by atoms with van der Waals surface area (Å²) in [6.07, 6.45) is 4.73. The molecule has 2 bridgehead atoms. The highest BCUT2D eigenvalue weighted by Gasteiger charge is 2.33. The second-order valence-corrected chi connectivity index (χ2v) is 5.59. The Morgan fingerprint density at radius 2 is 2.05 bits per heavy atom. The SMILES string of the molecule is COc1cc(NC2CC3CCC(C2)N3)ccc1[N+](=O)[O-]. The fourth-order valence-electron chi connectivity index (χ4n) is 3.33. The molecular weight excluding hydrogens is 258 g/mol. The molecule has 2 saturated heterocycles. The zero-order valence-electron chi connectivity index (χ0n) is 11.5. The minimum Gasteiger partial charge on any atom is -0.490 e. The molecule has 0 radical (unpaired) electrons. The Morgan fingerprint density at radius 1 is 1.35 bits per heavy atom. The number of nitro benzene ring substituents is 1. The molecule has 1 aromatic rings. The van der Waals surface area contributed by atoms with Crippen LogP contribution in [0.1, 0.15) is 25.7 Å². The number of piperidine rings is 1. The number of nitrogens with zero attached hydrogens (tertiary/aromatic N) is 1. The maximum atomic E-state index is 10.9. The van der Waals surface area contributed by atoms with E-state index in [0.29, 0.717) is 23.9 Å². The van der Waals surface area contributed by atoms with Crippen molar-refractivity contribution >= 4 is 11.4 Å². The average Bonchev–Trinajstić information content (AvgIpc) is 2.77. The Balaban J connectivity index is 1.73. The van der Waals surface area contributed by atoms with Crippen molar-refractivity contribution < 1.29 is 9.66 Å². The molecule has 6 heteroatoms. The summed E-state index contributed by atoms with van der Waals surface area (Å²) in [6, 6.07) is 6.63. The predicted octanol–water partition coefficient (Wildman–Crippen LogP) is 2.30. The molecule has 2 atom stereocenters. The Kier molecular flexibility index (Phi) is 3.48. The van der Waals surface area contributed by atoms with Crippen molar-refractivity contribution in [1.82, 2.24) is 5.32 Å². The molecule has 0 aliphatic carbocycles.